The van der Waals surface area contributed by atoms with E-state index in [0.717, 1.165) is 11.3 Å². The number of hydrogen-bond acceptors (Lipinski definition) is 4. The molecule has 1 heterocycles. The Hall–Kier alpha value is -2.70. The number of nitrogens with two attached hydrogens (primary N) is 1. The summed E-state index contributed by atoms with van der Waals surface area (Å²) in [6.45, 7) is 2.96. The molecule has 1 unspecified atom stereocenters. The standard InChI is InChI=1S/C21H26N4O2/c22-19(17-7-3-1-4-8-17)15-21(27)25-13-11-24(12-14-25)16-20(26)23-18-9-5-2-6-10-18/h1-10,19H,11-16,22H2,(H,23,26). The largest absolute Gasteiger partial charge is 0.340 e. The lowest BCUT2D eigenvalue weighted by Crippen LogP contribution is -2.50. The molecule has 1 aliphatic heterocycles. The Balaban J connectivity index is 1.41. The van der Waals surface area contributed by atoms with E-state index in [-0.39, 0.29) is 17.9 Å². The topological polar surface area (TPSA) is 78.7 Å². The van der Waals surface area contributed by atoms with Crippen LogP contribution in [0.1, 0.15) is 18.0 Å². The number of carbonyl (C=O) groups is 2. The zero-order valence-corrected chi connectivity index (χ0v) is 15.4. The molecule has 6 nitrogen and oxygen atoms in total. The summed E-state index contributed by atoms with van der Waals surface area (Å²) in [5, 5.41) is 2.89. The number of hydrogen-bond donors (Lipinski definition) is 2. The number of nitrogens with one attached hydrogen (secondary N) is 1. The molecule has 6 heteroatoms. The summed E-state index contributed by atoms with van der Waals surface area (Å²) in [6, 6.07) is 18.8. The predicted octanol–water partition coefficient (Wildman–Crippen LogP) is 1.86. The zero-order valence-electron chi connectivity index (χ0n) is 15.4. The molecule has 2 amide bonds. The van der Waals surface area contributed by atoms with E-state index >= 15 is 0 Å². The number of benzene rings is 2. The van der Waals surface area contributed by atoms with Gasteiger partial charge in [0, 0.05) is 44.3 Å². The maximum Gasteiger partial charge on any atom is 0.238 e. The molecule has 1 saturated heterocycles. The van der Waals surface area contributed by atoms with Crippen LogP contribution < -0.4 is 11.1 Å². The molecule has 0 radical (unpaired) electrons. The van der Waals surface area contributed by atoms with Gasteiger partial charge in [0.2, 0.25) is 11.8 Å². The Morgan fingerprint density at radius 1 is 0.926 bits per heavy atom. The highest BCUT2D eigenvalue weighted by molar-refractivity contribution is 5.92. The fraction of sp³-hybridized carbons (Fsp3) is 0.333. The number of nitrogens with zero attached hydrogens (tertiary/aromatic N) is 2. The first-order valence-corrected chi connectivity index (χ1v) is 9.27. The van der Waals surface area contributed by atoms with Gasteiger partial charge in [0.05, 0.1) is 6.54 Å². The summed E-state index contributed by atoms with van der Waals surface area (Å²) in [4.78, 5) is 28.6. The summed E-state index contributed by atoms with van der Waals surface area (Å²) < 4.78 is 0. The first kappa shape index (κ1) is 19.1. The summed E-state index contributed by atoms with van der Waals surface area (Å²) in [5.74, 6) is 0.0341. The fourth-order valence-electron chi connectivity index (χ4n) is 3.22. The molecular weight excluding hydrogens is 340 g/mol. The molecule has 0 spiro atoms. The third-order valence-corrected chi connectivity index (χ3v) is 4.77. The van der Waals surface area contributed by atoms with Gasteiger partial charge in [0.25, 0.3) is 0 Å². The van der Waals surface area contributed by atoms with Crippen molar-refractivity contribution in [1.82, 2.24) is 9.80 Å². The molecule has 2 aromatic rings. The van der Waals surface area contributed by atoms with Gasteiger partial charge in [0.1, 0.15) is 0 Å². The number of piperazine rings is 1. The Morgan fingerprint density at radius 2 is 1.52 bits per heavy atom. The van der Waals surface area contributed by atoms with Crippen LogP contribution >= 0.6 is 0 Å². The van der Waals surface area contributed by atoms with Gasteiger partial charge >= 0.3 is 0 Å². The van der Waals surface area contributed by atoms with Crippen LogP contribution in [0, 0.1) is 0 Å². The van der Waals surface area contributed by atoms with Crippen molar-refractivity contribution in [1.29, 1.82) is 0 Å². The van der Waals surface area contributed by atoms with Crippen molar-refractivity contribution in [2.24, 2.45) is 5.73 Å². The van der Waals surface area contributed by atoms with Crippen LogP contribution in [0.2, 0.25) is 0 Å². The third-order valence-electron chi connectivity index (χ3n) is 4.77. The second-order valence-corrected chi connectivity index (χ2v) is 6.79. The summed E-state index contributed by atoms with van der Waals surface area (Å²) >= 11 is 0. The molecule has 3 N–H and O–H groups in total. The van der Waals surface area contributed by atoms with E-state index in [1.54, 1.807) is 0 Å². The highest BCUT2D eigenvalue weighted by Crippen LogP contribution is 2.15. The van der Waals surface area contributed by atoms with E-state index in [2.05, 4.69) is 10.2 Å². The van der Waals surface area contributed by atoms with Gasteiger partial charge in [-0.15, -0.1) is 0 Å². The highest BCUT2D eigenvalue weighted by atomic mass is 16.2. The Labute approximate surface area is 159 Å². The van der Waals surface area contributed by atoms with Crippen LogP contribution in [-0.4, -0.2) is 54.3 Å². The van der Waals surface area contributed by atoms with Crippen LogP contribution in [-0.2, 0) is 9.59 Å². The Bertz CT molecular complexity index is 743. The normalized spacial score (nSPS) is 16.0. The number of anilines is 1. The number of carbonyl (C=O) groups excluding carboxylic acids is 2. The lowest BCUT2D eigenvalue weighted by molar-refractivity contribution is -0.133. The zero-order chi connectivity index (χ0) is 19.1. The molecule has 0 aliphatic carbocycles. The second-order valence-electron chi connectivity index (χ2n) is 6.79. The minimum absolute atomic E-state index is 0.0351. The Morgan fingerprint density at radius 3 is 2.15 bits per heavy atom. The van der Waals surface area contributed by atoms with Crippen LogP contribution in [0.4, 0.5) is 5.69 Å². The molecule has 0 saturated carbocycles. The van der Waals surface area contributed by atoms with E-state index in [4.69, 9.17) is 5.73 Å². The van der Waals surface area contributed by atoms with Crippen molar-refractivity contribution in [3.63, 3.8) is 0 Å². The molecular formula is C21H26N4O2. The molecule has 2 aromatic carbocycles. The maximum atomic E-state index is 12.5. The second kappa shape index (κ2) is 9.30. The van der Waals surface area contributed by atoms with E-state index < -0.39 is 0 Å². The van der Waals surface area contributed by atoms with Gasteiger partial charge < -0.3 is 16.0 Å². The van der Waals surface area contributed by atoms with Crippen LogP contribution in [0.25, 0.3) is 0 Å². The SMILES string of the molecule is NC(CC(=O)N1CCN(CC(=O)Nc2ccccc2)CC1)c1ccccc1. The lowest BCUT2D eigenvalue weighted by atomic mass is 10.0. The van der Waals surface area contributed by atoms with Crippen LogP contribution in [0.15, 0.2) is 60.7 Å². The van der Waals surface area contributed by atoms with Crippen LogP contribution in [0.5, 0.6) is 0 Å². The third kappa shape index (κ3) is 5.64. The quantitative estimate of drug-likeness (QED) is 0.818. The van der Waals surface area contributed by atoms with Crippen molar-refractivity contribution in [2.75, 3.05) is 38.0 Å². The van der Waals surface area contributed by atoms with Gasteiger partial charge in [-0.1, -0.05) is 48.5 Å². The number of para-hydroxylation sites is 1. The average Bonchev–Trinajstić information content (AvgIpc) is 2.70. The minimum atomic E-state index is -0.284. The van der Waals surface area contributed by atoms with Gasteiger partial charge in [-0.3, -0.25) is 14.5 Å². The van der Waals surface area contributed by atoms with E-state index in [9.17, 15) is 9.59 Å². The van der Waals surface area contributed by atoms with Crippen molar-refractivity contribution < 1.29 is 9.59 Å². The van der Waals surface area contributed by atoms with Gasteiger partial charge in [0.15, 0.2) is 0 Å². The molecule has 1 aliphatic rings. The van der Waals surface area contributed by atoms with Crippen molar-refractivity contribution >= 4 is 17.5 Å². The van der Waals surface area contributed by atoms with Crippen LogP contribution in [0.3, 0.4) is 0 Å². The van der Waals surface area contributed by atoms with Gasteiger partial charge in [-0.05, 0) is 17.7 Å². The molecule has 27 heavy (non-hydrogen) atoms. The molecule has 3 rings (SSSR count). The molecule has 0 aromatic heterocycles. The van der Waals surface area contributed by atoms with E-state index in [0.29, 0.717) is 39.1 Å². The minimum Gasteiger partial charge on any atom is -0.340 e. The van der Waals surface area contributed by atoms with Crippen molar-refractivity contribution in [3.05, 3.63) is 66.2 Å². The first-order chi connectivity index (χ1) is 13.1. The van der Waals surface area contributed by atoms with Gasteiger partial charge in [-0.2, -0.15) is 0 Å². The predicted molar refractivity (Wildman–Crippen MR) is 106 cm³/mol. The fourth-order valence-corrected chi connectivity index (χ4v) is 3.22. The van der Waals surface area contributed by atoms with E-state index in [1.165, 1.54) is 0 Å². The molecule has 142 valence electrons. The summed E-state index contributed by atoms with van der Waals surface area (Å²) in [5.41, 5.74) is 7.93. The van der Waals surface area contributed by atoms with Crippen molar-refractivity contribution in [3.8, 4) is 0 Å². The lowest BCUT2D eigenvalue weighted by Gasteiger charge is -2.34. The molecule has 1 atom stereocenters. The van der Waals surface area contributed by atoms with Crippen molar-refractivity contribution in [2.45, 2.75) is 12.5 Å². The summed E-state index contributed by atoms with van der Waals surface area (Å²) in [7, 11) is 0. The monoisotopic (exact) mass is 366 g/mol. The average molecular weight is 366 g/mol. The number of rotatable bonds is 6. The summed E-state index contributed by atoms with van der Waals surface area (Å²) in [6.07, 6.45) is 0.304. The highest BCUT2D eigenvalue weighted by Gasteiger charge is 2.24. The smallest absolute Gasteiger partial charge is 0.238 e. The maximum absolute atomic E-state index is 12.5. The first-order valence-electron chi connectivity index (χ1n) is 9.27. The Kier molecular flexibility index (Phi) is 6.57. The van der Waals surface area contributed by atoms with E-state index in [1.807, 2.05) is 65.6 Å². The molecule has 1 fully saturated rings. The number of amides is 2. The van der Waals surface area contributed by atoms with Gasteiger partial charge in [-0.25, -0.2) is 0 Å². The molecule has 0 bridgehead atoms.